The van der Waals surface area contributed by atoms with Crippen LogP contribution < -0.4 is 10.6 Å². The third-order valence-corrected chi connectivity index (χ3v) is 5.12. The topological polar surface area (TPSA) is 45.4 Å². The molecule has 2 N–H and O–H groups in total. The average molecular weight is 339 g/mol. The second-order valence-electron chi connectivity index (χ2n) is 5.88. The number of benzene rings is 1. The summed E-state index contributed by atoms with van der Waals surface area (Å²) >= 11 is 1.76. The molecule has 2 atom stereocenters. The van der Waals surface area contributed by atoms with Crippen molar-refractivity contribution in [1.29, 1.82) is 0 Å². The minimum atomic E-state index is 0. The minimum Gasteiger partial charge on any atom is -0.354 e. The number of anilines is 1. The number of nitrogens with zero attached hydrogens (tertiary/aromatic N) is 3. The summed E-state index contributed by atoms with van der Waals surface area (Å²) in [5.74, 6) is 0.437. The van der Waals surface area contributed by atoms with Crippen LogP contribution in [-0.2, 0) is 6.54 Å². The number of halogens is 1. The normalized spacial score (nSPS) is 21.6. The highest BCUT2D eigenvalue weighted by Gasteiger charge is 2.31. The van der Waals surface area contributed by atoms with E-state index >= 15 is 0 Å². The van der Waals surface area contributed by atoms with Gasteiger partial charge in [-0.05, 0) is 5.56 Å². The Hall–Kier alpha value is -1.14. The van der Waals surface area contributed by atoms with E-state index < -0.39 is 0 Å². The van der Waals surface area contributed by atoms with Crippen molar-refractivity contribution in [1.82, 2.24) is 9.88 Å². The molecule has 0 radical (unpaired) electrons. The van der Waals surface area contributed by atoms with E-state index in [1.807, 2.05) is 20.3 Å². The van der Waals surface area contributed by atoms with Crippen molar-refractivity contribution in [2.45, 2.75) is 18.5 Å². The molecule has 1 aliphatic rings. The summed E-state index contributed by atoms with van der Waals surface area (Å²) in [5, 5.41) is 1.06. The van der Waals surface area contributed by atoms with Crippen molar-refractivity contribution < 1.29 is 0 Å². The molecule has 2 heterocycles. The van der Waals surface area contributed by atoms with Crippen LogP contribution in [0.1, 0.15) is 16.4 Å². The molecule has 0 spiro atoms. The van der Waals surface area contributed by atoms with Gasteiger partial charge in [0.25, 0.3) is 0 Å². The molecule has 120 valence electrons. The molecule has 1 saturated heterocycles. The summed E-state index contributed by atoms with van der Waals surface area (Å²) in [7, 11) is 4.06. The molecule has 0 amide bonds. The maximum Gasteiger partial charge on any atom is 0.185 e. The first-order valence-corrected chi connectivity index (χ1v) is 8.10. The summed E-state index contributed by atoms with van der Waals surface area (Å²) in [4.78, 5) is 10.2. The molecule has 1 aromatic carbocycles. The Labute approximate surface area is 142 Å². The highest BCUT2D eigenvalue weighted by Crippen LogP contribution is 2.29. The lowest BCUT2D eigenvalue weighted by Gasteiger charge is -2.15. The van der Waals surface area contributed by atoms with E-state index in [9.17, 15) is 0 Å². The second-order valence-corrected chi connectivity index (χ2v) is 6.97. The summed E-state index contributed by atoms with van der Waals surface area (Å²) in [6, 6.07) is 10.8. The third kappa shape index (κ3) is 3.79. The number of hydrogen-bond donors (Lipinski definition) is 1. The number of nitrogens with two attached hydrogens (primary N) is 1. The minimum absolute atomic E-state index is 0. The lowest BCUT2D eigenvalue weighted by Crippen LogP contribution is -2.28. The first-order valence-electron chi connectivity index (χ1n) is 7.28. The summed E-state index contributed by atoms with van der Waals surface area (Å²) in [5.41, 5.74) is 7.70. The molecule has 22 heavy (non-hydrogen) atoms. The molecule has 1 aliphatic heterocycles. The van der Waals surface area contributed by atoms with Gasteiger partial charge in [0.05, 0.1) is 0 Å². The maximum absolute atomic E-state index is 6.35. The largest absolute Gasteiger partial charge is 0.354 e. The fraction of sp³-hybridized carbons (Fsp3) is 0.438. The highest BCUT2D eigenvalue weighted by molar-refractivity contribution is 7.15. The predicted molar refractivity (Wildman–Crippen MR) is 96.1 cm³/mol. The van der Waals surface area contributed by atoms with Gasteiger partial charge in [-0.1, -0.05) is 30.3 Å². The monoisotopic (exact) mass is 338 g/mol. The van der Waals surface area contributed by atoms with Crippen LogP contribution >= 0.6 is 23.7 Å². The molecule has 0 unspecified atom stereocenters. The van der Waals surface area contributed by atoms with Gasteiger partial charge < -0.3 is 10.6 Å². The molecular formula is C16H23ClN4S. The van der Waals surface area contributed by atoms with Crippen LogP contribution in [0, 0.1) is 0 Å². The molecule has 2 aromatic rings. The Morgan fingerprint density at radius 1 is 1.27 bits per heavy atom. The van der Waals surface area contributed by atoms with Crippen molar-refractivity contribution in [2.24, 2.45) is 5.73 Å². The van der Waals surface area contributed by atoms with Crippen LogP contribution in [0.3, 0.4) is 0 Å². The lowest BCUT2D eigenvalue weighted by molar-refractivity contribution is 0.326. The van der Waals surface area contributed by atoms with E-state index in [-0.39, 0.29) is 18.4 Å². The van der Waals surface area contributed by atoms with Crippen molar-refractivity contribution in [3.63, 3.8) is 0 Å². The van der Waals surface area contributed by atoms with Crippen molar-refractivity contribution in [3.8, 4) is 0 Å². The van der Waals surface area contributed by atoms with E-state index in [0.717, 1.165) is 24.8 Å². The highest BCUT2D eigenvalue weighted by atomic mass is 35.5. The second kappa shape index (κ2) is 7.42. The fourth-order valence-corrected chi connectivity index (χ4v) is 3.77. The van der Waals surface area contributed by atoms with Gasteiger partial charge in [0.1, 0.15) is 0 Å². The van der Waals surface area contributed by atoms with Gasteiger partial charge in [-0.25, -0.2) is 4.98 Å². The van der Waals surface area contributed by atoms with Crippen LogP contribution in [0.15, 0.2) is 36.5 Å². The quantitative estimate of drug-likeness (QED) is 0.930. The zero-order valence-corrected chi connectivity index (χ0v) is 14.6. The van der Waals surface area contributed by atoms with E-state index in [1.54, 1.807) is 11.3 Å². The molecule has 0 bridgehead atoms. The van der Waals surface area contributed by atoms with Gasteiger partial charge in [0.2, 0.25) is 0 Å². The Morgan fingerprint density at radius 3 is 2.64 bits per heavy atom. The molecule has 4 nitrogen and oxygen atoms in total. The zero-order chi connectivity index (χ0) is 14.8. The average Bonchev–Trinajstić information content (AvgIpc) is 3.07. The van der Waals surface area contributed by atoms with Crippen LogP contribution in [0.4, 0.5) is 5.13 Å². The maximum atomic E-state index is 6.35. The van der Waals surface area contributed by atoms with Gasteiger partial charge in [-0.15, -0.1) is 23.7 Å². The summed E-state index contributed by atoms with van der Waals surface area (Å²) in [6.07, 6.45) is 1.99. The van der Waals surface area contributed by atoms with Crippen LogP contribution in [0.2, 0.25) is 0 Å². The Kier molecular flexibility index (Phi) is 5.81. The predicted octanol–water partition coefficient (Wildman–Crippen LogP) is 2.56. The number of aromatic nitrogens is 1. The van der Waals surface area contributed by atoms with Crippen LogP contribution in [0.25, 0.3) is 0 Å². The first kappa shape index (κ1) is 17.2. The molecule has 3 rings (SSSR count). The molecule has 1 fully saturated rings. The Bertz CT molecular complexity index is 587. The lowest BCUT2D eigenvalue weighted by atomic mass is 9.95. The number of thiazole rings is 1. The molecular weight excluding hydrogens is 316 g/mol. The van der Waals surface area contributed by atoms with Crippen LogP contribution in [0.5, 0.6) is 0 Å². The van der Waals surface area contributed by atoms with Crippen molar-refractivity contribution >= 4 is 28.9 Å². The SMILES string of the molecule is CN(C)c1ncc(CN2C[C@@H](N)[C@H](c3ccccc3)C2)s1.Cl. The molecule has 0 saturated carbocycles. The van der Waals surface area contributed by atoms with Gasteiger partial charge >= 0.3 is 0 Å². The number of likely N-dealkylation sites (tertiary alicyclic amines) is 1. The van der Waals surface area contributed by atoms with Crippen molar-refractivity contribution in [2.75, 3.05) is 32.1 Å². The zero-order valence-electron chi connectivity index (χ0n) is 13.0. The van der Waals surface area contributed by atoms with E-state index in [4.69, 9.17) is 5.73 Å². The van der Waals surface area contributed by atoms with Crippen molar-refractivity contribution in [3.05, 3.63) is 47.0 Å². The van der Waals surface area contributed by atoms with Gasteiger partial charge in [-0.3, -0.25) is 4.90 Å². The number of hydrogen-bond acceptors (Lipinski definition) is 5. The number of rotatable bonds is 4. The van der Waals surface area contributed by atoms with Crippen LogP contribution in [-0.4, -0.2) is 43.1 Å². The Balaban J connectivity index is 0.00000176. The van der Waals surface area contributed by atoms with E-state index in [0.29, 0.717) is 5.92 Å². The van der Waals surface area contributed by atoms with E-state index in [1.165, 1.54) is 10.4 Å². The molecule has 1 aromatic heterocycles. The summed E-state index contributed by atoms with van der Waals surface area (Å²) in [6.45, 7) is 2.93. The standard InChI is InChI=1S/C16H22N4S.ClH/c1-19(2)16-18-8-13(21-16)9-20-10-14(15(17)11-20)12-6-4-3-5-7-12;/h3-8,14-15H,9-11,17H2,1-2H3;1H/t14-,15+;/m0./s1. The first-order chi connectivity index (χ1) is 10.1. The fourth-order valence-electron chi connectivity index (χ4n) is 2.89. The van der Waals surface area contributed by atoms with Gasteiger partial charge in [0.15, 0.2) is 5.13 Å². The van der Waals surface area contributed by atoms with E-state index in [2.05, 4.69) is 45.1 Å². The Morgan fingerprint density at radius 2 is 2.00 bits per heavy atom. The smallest absolute Gasteiger partial charge is 0.185 e. The van der Waals surface area contributed by atoms with Gasteiger partial charge in [0, 0.05) is 56.8 Å². The third-order valence-electron chi connectivity index (χ3n) is 3.97. The summed E-state index contributed by atoms with van der Waals surface area (Å²) < 4.78 is 0. The van der Waals surface area contributed by atoms with Gasteiger partial charge in [-0.2, -0.15) is 0 Å². The molecule has 0 aliphatic carbocycles. The molecule has 6 heteroatoms.